The monoisotopic (exact) mass is 193 g/mol. The standard InChI is InChI=1S/C8H7N3OS/c1-12-7-5-9-4-6(11-7)8-10-2-3-13-8/h2-5H,1H3. The first kappa shape index (κ1) is 8.12. The van der Waals surface area contributed by atoms with E-state index in [4.69, 9.17) is 4.74 Å². The van der Waals surface area contributed by atoms with Gasteiger partial charge in [-0.25, -0.2) is 9.97 Å². The maximum absolute atomic E-state index is 4.96. The van der Waals surface area contributed by atoms with Crippen molar-refractivity contribution in [1.29, 1.82) is 0 Å². The zero-order valence-corrected chi connectivity index (χ0v) is 7.78. The van der Waals surface area contributed by atoms with Crippen LogP contribution in [0.3, 0.4) is 0 Å². The molecule has 0 saturated heterocycles. The van der Waals surface area contributed by atoms with Gasteiger partial charge in [-0.3, -0.25) is 4.98 Å². The molecule has 13 heavy (non-hydrogen) atoms. The minimum absolute atomic E-state index is 0.507. The molecule has 0 amide bonds. The number of methoxy groups -OCH3 is 1. The molecule has 4 nitrogen and oxygen atoms in total. The first-order valence-corrected chi connectivity index (χ1v) is 4.54. The Morgan fingerprint density at radius 1 is 1.38 bits per heavy atom. The minimum Gasteiger partial charge on any atom is -0.480 e. The number of rotatable bonds is 2. The maximum atomic E-state index is 4.96. The number of aromatic nitrogens is 3. The summed E-state index contributed by atoms with van der Waals surface area (Å²) >= 11 is 1.53. The van der Waals surface area contributed by atoms with Crippen molar-refractivity contribution in [2.24, 2.45) is 0 Å². The second kappa shape index (κ2) is 3.49. The third-order valence-electron chi connectivity index (χ3n) is 1.47. The Labute approximate surface area is 79.3 Å². The van der Waals surface area contributed by atoms with Gasteiger partial charge in [-0.2, -0.15) is 0 Å². The average Bonchev–Trinajstić information content (AvgIpc) is 2.71. The van der Waals surface area contributed by atoms with Crippen molar-refractivity contribution in [3.63, 3.8) is 0 Å². The summed E-state index contributed by atoms with van der Waals surface area (Å²) in [6.45, 7) is 0. The SMILES string of the molecule is COc1cncc(-c2nccs2)n1. The van der Waals surface area contributed by atoms with E-state index >= 15 is 0 Å². The fourth-order valence-corrected chi connectivity index (χ4v) is 1.49. The van der Waals surface area contributed by atoms with Gasteiger partial charge in [0.1, 0.15) is 10.7 Å². The Balaban J connectivity index is 2.41. The molecule has 2 aromatic heterocycles. The van der Waals surface area contributed by atoms with Crippen molar-refractivity contribution in [1.82, 2.24) is 15.0 Å². The molecule has 0 atom stereocenters. The van der Waals surface area contributed by atoms with Gasteiger partial charge in [-0.1, -0.05) is 0 Å². The molecule has 0 aliphatic heterocycles. The van der Waals surface area contributed by atoms with E-state index in [1.54, 1.807) is 25.7 Å². The van der Waals surface area contributed by atoms with Gasteiger partial charge in [0, 0.05) is 11.6 Å². The Morgan fingerprint density at radius 3 is 3.00 bits per heavy atom. The van der Waals surface area contributed by atoms with Crippen LogP contribution in [-0.2, 0) is 0 Å². The van der Waals surface area contributed by atoms with Crippen LogP contribution >= 0.6 is 11.3 Å². The van der Waals surface area contributed by atoms with Crippen molar-refractivity contribution < 1.29 is 4.74 Å². The Morgan fingerprint density at radius 2 is 2.31 bits per heavy atom. The van der Waals surface area contributed by atoms with E-state index in [0.29, 0.717) is 5.88 Å². The van der Waals surface area contributed by atoms with E-state index in [-0.39, 0.29) is 0 Å². The van der Waals surface area contributed by atoms with Gasteiger partial charge < -0.3 is 4.74 Å². The topological polar surface area (TPSA) is 47.9 Å². The molecule has 0 N–H and O–H groups in total. The van der Waals surface area contributed by atoms with Crippen LogP contribution in [0.4, 0.5) is 0 Å². The third-order valence-corrected chi connectivity index (χ3v) is 2.27. The molecule has 0 unspecified atom stereocenters. The molecule has 2 rings (SSSR count). The van der Waals surface area contributed by atoms with Gasteiger partial charge in [0.2, 0.25) is 5.88 Å². The second-order valence-electron chi connectivity index (χ2n) is 2.28. The second-order valence-corrected chi connectivity index (χ2v) is 3.18. The predicted octanol–water partition coefficient (Wildman–Crippen LogP) is 1.61. The zero-order chi connectivity index (χ0) is 9.10. The fourth-order valence-electron chi connectivity index (χ4n) is 0.899. The molecule has 0 fully saturated rings. The number of thiazole rings is 1. The summed E-state index contributed by atoms with van der Waals surface area (Å²) in [6.07, 6.45) is 4.97. The van der Waals surface area contributed by atoms with Crippen molar-refractivity contribution >= 4 is 11.3 Å². The van der Waals surface area contributed by atoms with Gasteiger partial charge in [0.05, 0.1) is 19.5 Å². The van der Waals surface area contributed by atoms with Crippen LogP contribution in [0.15, 0.2) is 24.0 Å². The summed E-state index contributed by atoms with van der Waals surface area (Å²) in [5, 5.41) is 2.75. The highest BCUT2D eigenvalue weighted by molar-refractivity contribution is 7.13. The predicted molar refractivity (Wildman–Crippen MR) is 49.7 cm³/mol. The molecule has 2 aromatic rings. The van der Waals surface area contributed by atoms with Crippen LogP contribution in [-0.4, -0.2) is 22.1 Å². The first-order chi connectivity index (χ1) is 6.40. The van der Waals surface area contributed by atoms with Crippen LogP contribution in [0.5, 0.6) is 5.88 Å². The molecule has 66 valence electrons. The number of hydrogen-bond acceptors (Lipinski definition) is 5. The molecule has 0 aromatic carbocycles. The normalized spacial score (nSPS) is 9.92. The quantitative estimate of drug-likeness (QED) is 0.727. The third kappa shape index (κ3) is 1.65. The summed E-state index contributed by atoms with van der Waals surface area (Å²) in [5.74, 6) is 0.507. The van der Waals surface area contributed by atoms with Crippen LogP contribution in [0.25, 0.3) is 10.7 Å². The van der Waals surface area contributed by atoms with E-state index in [1.165, 1.54) is 11.3 Å². The molecule has 0 radical (unpaired) electrons. The molecular weight excluding hydrogens is 186 g/mol. The average molecular weight is 193 g/mol. The zero-order valence-electron chi connectivity index (χ0n) is 6.97. The van der Waals surface area contributed by atoms with Crippen molar-refractivity contribution in [2.45, 2.75) is 0 Å². The fraction of sp³-hybridized carbons (Fsp3) is 0.125. The van der Waals surface area contributed by atoms with Gasteiger partial charge in [-0.05, 0) is 0 Å². The molecular formula is C8H7N3OS. The largest absolute Gasteiger partial charge is 0.480 e. The maximum Gasteiger partial charge on any atom is 0.232 e. The van der Waals surface area contributed by atoms with Gasteiger partial charge in [-0.15, -0.1) is 11.3 Å². The van der Waals surface area contributed by atoms with Crippen molar-refractivity contribution in [3.8, 4) is 16.6 Å². The highest BCUT2D eigenvalue weighted by Crippen LogP contribution is 2.19. The van der Waals surface area contributed by atoms with Gasteiger partial charge in [0.25, 0.3) is 0 Å². The Bertz CT molecular complexity index is 388. The van der Waals surface area contributed by atoms with E-state index in [2.05, 4.69) is 15.0 Å². The number of ether oxygens (including phenoxy) is 1. The number of hydrogen-bond donors (Lipinski definition) is 0. The van der Waals surface area contributed by atoms with E-state index < -0.39 is 0 Å². The van der Waals surface area contributed by atoms with Crippen molar-refractivity contribution in [3.05, 3.63) is 24.0 Å². The molecule has 0 saturated carbocycles. The van der Waals surface area contributed by atoms with E-state index in [0.717, 1.165) is 10.7 Å². The smallest absolute Gasteiger partial charge is 0.232 e. The Kier molecular flexibility index (Phi) is 2.18. The molecule has 0 aliphatic carbocycles. The van der Waals surface area contributed by atoms with E-state index in [9.17, 15) is 0 Å². The highest BCUT2D eigenvalue weighted by Gasteiger charge is 2.03. The van der Waals surface area contributed by atoms with E-state index in [1.807, 2.05) is 5.38 Å². The van der Waals surface area contributed by atoms with Gasteiger partial charge in [0.15, 0.2) is 0 Å². The summed E-state index contributed by atoms with van der Waals surface area (Å²) in [7, 11) is 1.57. The van der Waals surface area contributed by atoms with Crippen LogP contribution < -0.4 is 4.74 Å². The van der Waals surface area contributed by atoms with Gasteiger partial charge >= 0.3 is 0 Å². The molecule has 5 heteroatoms. The molecule has 0 bridgehead atoms. The van der Waals surface area contributed by atoms with Crippen LogP contribution in [0.2, 0.25) is 0 Å². The van der Waals surface area contributed by atoms with Crippen LogP contribution in [0, 0.1) is 0 Å². The highest BCUT2D eigenvalue weighted by atomic mass is 32.1. The molecule has 0 spiro atoms. The Hall–Kier alpha value is -1.49. The minimum atomic E-state index is 0.507. The lowest BCUT2D eigenvalue weighted by Crippen LogP contribution is -1.90. The van der Waals surface area contributed by atoms with Crippen molar-refractivity contribution in [2.75, 3.05) is 7.11 Å². The lowest BCUT2D eigenvalue weighted by molar-refractivity contribution is 0.396. The number of nitrogens with zero attached hydrogens (tertiary/aromatic N) is 3. The molecule has 0 aliphatic rings. The lowest BCUT2D eigenvalue weighted by Gasteiger charge is -1.98. The summed E-state index contributed by atoms with van der Waals surface area (Å²) in [5.41, 5.74) is 0.745. The summed E-state index contributed by atoms with van der Waals surface area (Å²) in [4.78, 5) is 12.3. The molecule has 2 heterocycles. The summed E-state index contributed by atoms with van der Waals surface area (Å²) in [6, 6.07) is 0. The first-order valence-electron chi connectivity index (χ1n) is 3.66. The lowest BCUT2D eigenvalue weighted by atomic mass is 10.5. The summed E-state index contributed by atoms with van der Waals surface area (Å²) < 4.78 is 4.96. The van der Waals surface area contributed by atoms with Crippen LogP contribution in [0.1, 0.15) is 0 Å².